The number of carbonyl (C=O) groups is 1. The van der Waals surface area contributed by atoms with Crippen molar-refractivity contribution < 1.29 is 18.0 Å². The molecule has 0 aliphatic carbocycles. The van der Waals surface area contributed by atoms with Crippen molar-refractivity contribution in [3.8, 4) is 0 Å². The van der Waals surface area contributed by atoms with Crippen molar-refractivity contribution in [1.82, 2.24) is 15.3 Å². The van der Waals surface area contributed by atoms with E-state index in [0.29, 0.717) is 11.8 Å². The first-order valence-corrected chi connectivity index (χ1v) is 6.14. The molecule has 0 spiro atoms. The van der Waals surface area contributed by atoms with Crippen LogP contribution in [-0.2, 0) is 6.18 Å². The Kier molecular flexibility index (Phi) is 4.20. The molecule has 0 aromatic carbocycles. The number of nitrogens with zero attached hydrogens (tertiary/aromatic N) is 2. The summed E-state index contributed by atoms with van der Waals surface area (Å²) in [6, 6.07) is 5.51. The topological polar surface area (TPSA) is 78.7 Å². The summed E-state index contributed by atoms with van der Waals surface area (Å²) in [7, 11) is 0. The minimum atomic E-state index is -4.68. The number of alkyl halides is 3. The molecule has 0 radical (unpaired) electrons. The maximum Gasteiger partial charge on any atom is 0.417 e. The number of aromatic nitrogens is 2. The largest absolute Gasteiger partial charge is 0.417 e. The molecule has 0 aliphatic heterocycles. The van der Waals surface area contributed by atoms with Gasteiger partial charge in [0.05, 0.1) is 11.1 Å². The molecule has 0 saturated carbocycles. The molecule has 0 aliphatic rings. The second-order valence-corrected chi connectivity index (χ2v) is 4.41. The van der Waals surface area contributed by atoms with Crippen LogP contribution in [0.3, 0.4) is 0 Å². The summed E-state index contributed by atoms with van der Waals surface area (Å²) in [5.74, 6) is -1.44. The fraction of sp³-hybridized carbons (Fsp3) is 0.143. The average Bonchev–Trinajstić information content (AvgIpc) is 2.46. The first kappa shape index (κ1) is 15.6. The lowest BCUT2D eigenvalue weighted by atomic mass is 10.1. The quantitative estimate of drug-likeness (QED) is 0.661. The van der Waals surface area contributed by atoms with Crippen molar-refractivity contribution in [2.24, 2.45) is 0 Å². The van der Waals surface area contributed by atoms with Gasteiger partial charge in [0.25, 0.3) is 5.91 Å². The van der Waals surface area contributed by atoms with Crippen molar-refractivity contribution in [3.05, 3.63) is 59.2 Å². The van der Waals surface area contributed by atoms with Gasteiger partial charge >= 0.3 is 6.18 Å². The molecule has 0 fully saturated rings. The van der Waals surface area contributed by atoms with E-state index in [-0.39, 0.29) is 11.5 Å². The number of amides is 1. The van der Waals surface area contributed by atoms with Crippen molar-refractivity contribution in [3.63, 3.8) is 0 Å². The number of hydrogen-bond donors (Lipinski definition) is 2. The zero-order valence-electron chi connectivity index (χ0n) is 11.4. The summed E-state index contributed by atoms with van der Waals surface area (Å²) >= 11 is 0. The third kappa shape index (κ3) is 3.46. The van der Waals surface area contributed by atoms with Gasteiger partial charge in [0.15, 0.2) is 5.84 Å². The maximum absolute atomic E-state index is 12.8. The van der Waals surface area contributed by atoms with E-state index in [1.807, 2.05) is 0 Å². The highest BCUT2D eigenvalue weighted by Crippen LogP contribution is 2.31. The Bertz CT molecular complexity index is 728. The third-order valence-electron chi connectivity index (χ3n) is 2.75. The number of carbonyl (C=O) groups excluding carboxylic acids is 1. The highest BCUT2D eigenvalue weighted by atomic mass is 19.4. The van der Waals surface area contributed by atoms with E-state index in [1.165, 1.54) is 6.07 Å². The lowest BCUT2D eigenvalue weighted by Crippen LogP contribution is -2.32. The minimum Gasteiger partial charge on any atom is -0.305 e. The van der Waals surface area contributed by atoms with Crippen LogP contribution < -0.4 is 5.32 Å². The molecular weight excluding hydrogens is 297 g/mol. The van der Waals surface area contributed by atoms with Gasteiger partial charge in [-0.25, -0.2) is 4.98 Å². The molecule has 0 atom stereocenters. The fourth-order valence-corrected chi connectivity index (χ4v) is 1.75. The van der Waals surface area contributed by atoms with Crippen LogP contribution in [0.2, 0.25) is 0 Å². The molecule has 114 valence electrons. The van der Waals surface area contributed by atoms with E-state index in [4.69, 9.17) is 5.41 Å². The molecular formula is C14H11F3N4O. The van der Waals surface area contributed by atoms with Gasteiger partial charge in [-0.2, -0.15) is 13.2 Å². The van der Waals surface area contributed by atoms with Gasteiger partial charge in [0.2, 0.25) is 0 Å². The molecule has 0 unspecified atom stereocenters. The molecule has 5 nitrogen and oxygen atoms in total. The molecule has 22 heavy (non-hydrogen) atoms. The third-order valence-corrected chi connectivity index (χ3v) is 2.75. The minimum absolute atomic E-state index is 0.158. The van der Waals surface area contributed by atoms with E-state index >= 15 is 0 Å². The lowest BCUT2D eigenvalue weighted by molar-refractivity contribution is -0.138. The Balaban J connectivity index is 2.25. The second kappa shape index (κ2) is 5.92. The highest BCUT2D eigenvalue weighted by molar-refractivity contribution is 6.11. The molecule has 1 amide bonds. The molecule has 0 bridgehead atoms. The zero-order valence-corrected chi connectivity index (χ0v) is 11.4. The Hall–Kier alpha value is -2.77. The molecule has 2 heterocycles. The predicted octanol–water partition coefficient (Wildman–Crippen LogP) is 2.56. The van der Waals surface area contributed by atoms with Crippen LogP contribution in [0, 0.1) is 12.3 Å². The molecule has 2 aromatic heterocycles. The van der Waals surface area contributed by atoms with Crippen molar-refractivity contribution in [2.75, 3.05) is 0 Å². The predicted molar refractivity (Wildman–Crippen MR) is 72.5 cm³/mol. The van der Waals surface area contributed by atoms with Gasteiger partial charge in [-0.3, -0.25) is 15.2 Å². The number of nitrogens with one attached hydrogen (secondary N) is 2. The standard InChI is InChI=1S/C14H11F3N4O/c1-8-3-2-4-11(20-8)12(18)21-13(22)9-7-19-6-5-10(9)14(15,16)17/h2-7H,1H3,(H2,18,21,22). The SMILES string of the molecule is Cc1cccc(C(=N)NC(=O)c2cnccc2C(F)(F)F)n1. The van der Waals surface area contributed by atoms with Crippen LogP contribution in [0.5, 0.6) is 0 Å². The maximum atomic E-state index is 12.8. The van der Waals surface area contributed by atoms with E-state index < -0.39 is 23.2 Å². The first-order valence-electron chi connectivity index (χ1n) is 6.14. The van der Waals surface area contributed by atoms with Crippen LogP contribution in [0.15, 0.2) is 36.7 Å². The summed E-state index contributed by atoms with van der Waals surface area (Å²) < 4.78 is 38.5. The molecule has 8 heteroatoms. The molecule has 2 N–H and O–H groups in total. The van der Waals surface area contributed by atoms with Crippen molar-refractivity contribution in [1.29, 1.82) is 5.41 Å². The number of pyridine rings is 2. The van der Waals surface area contributed by atoms with Crippen LogP contribution in [0.1, 0.15) is 27.3 Å². The van der Waals surface area contributed by atoms with Crippen LogP contribution in [0.25, 0.3) is 0 Å². The molecule has 2 aromatic rings. The van der Waals surface area contributed by atoms with Crippen molar-refractivity contribution in [2.45, 2.75) is 13.1 Å². The number of hydrogen-bond acceptors (Lipinski definition) is 4. The number of rotatable bonds is 2. The summed E-state index contributed by atoms with van der Waals surface area (Å²) in [4.78, 5) is 19.5. The average molecular weight is 308 g/mol. The van der Waals surface area contributed by atoms with E-state index in [0.717, 1.165) is 12.4 Å². The smallest absolute Gasteiger partial charge is 0.305 e. The Labute approximate surface area is 123 Å². The summed E-state index contributed by atoms with van der Waals surface area (Å²) in [5.41, 5.74) is -0.975. The summed E-state index contributed by atoms with van der Waals surface area (Å²) in [5, 5.41) is 9.83. The van der Waals surface area contributed by atoms with Gasteiger partial charge in [0.1, 0.15) is 5.69 Å². The van der Waals surface area contributed by atoms with E-state index in [9.17, 15) is 18.0 Å². The first-order chi connectivity index (χ1) is 10.3. The molecule has 0 saturated heterocycles. The Morgan fingerprint density at radius 3 is 2.64 bits per heavy atom. The Morgan fingerprint density at radius 1 is 1.27 bits per heavy atom. The summed E-state index contributed by atoms with van der Waals surface area (Å²) in [6.45, 7) is 1.70. The summed E-state index contributed by atoms with van der Waals surface area (Å²) in [6.07, 6.45) is -2.92. The highest BCUT2D eigenvalue weighted by Gasteiger charge is 2.35. The van der Waals surface area contributed by atoms with Crippen LogP contribution in [0.4, 0.5) is 13.2 Å². The second-order valence-electron chi connectivity index (χ2n) is 4.41. The van der Waals surface area contributed by atoms with Gasteiger partial charge in [0, 0.05) is 18.1 Å². The van der Waals surface area contributed by atoms with Gasteiger partial charge in [-0.15, -0.1) is 0 Å². The van der Waals surface area contributed by atoms with Crippen LogP contribution in [-0.4, -0.2) is 21.7 Å². The molecule has 2 rings (SSSR count). The fourth-order valence-electron chi connectivity index (χ4n) is 1.75. The number of amidine groups is 1. The number of aryl methyl sites for hydroxylation is 1. The van der Waals surface area contributed by atoms with Crippen LogP contribution >= 0.6 is 0 Å². The Morgan fingerprint density at radius 2 is 2.00 bits per heavy atom. The van der Waals surface area contributed by atoms with Crippen molar-refractivity contribution >= 4 is 11.7 Å². The number of halogens is 3. The zero-order chi connectivity index (χ0) is 16.3. The van der Waals surface area contributed by atoms with E-state index in [2.05, 4.69) is 15.3 Å². The van der Waals surface area contributed by atoms with Gasteiger partial charge in [-0.05, 0) is 25.1 Å². The van der Waals surface area contributed by atoms with E-state index in [1.54, 1.807) is 19.1 Å². The van der Waals surface area contributed by atoms with Gasteiger partial charge < -0.3 is 5.32 Å². The van der Waals surface area contributed by atoms with Gasteiger partial charge in [-0.1, -0.05) is 6.07 Å². The lowest BCUT2D eigenvalue weighted by Gasteiger charge is -2.12. The monoisotopic (exact) mass is 308 g/mol. The normalized spacial score (nSPS) is 11.1.